The van der Waals surface area contributed by atoms with Crippen molar-refractivity contribution in [3.63, 3.8) is 0 Å². The van der Waals surface area contributed by atoms with Crippen LogP contribution in [-0.2, 0) is 4.65 Å². The van der Waals surface area contributed by atoms with Crippen LogP contribution in [0.4, 0.5) is 0 Å². The minimum Gasteiger partial charge on any atom is -0.423 e. The number of aliphatic hydroxyl groups excluding tert-OH is 1. The third-order valence-electron chi connectivity index (χ3n) is 2.51. The highest BCUT2D eigenvalue weighted by molar-refractivity contribution is 6.60. The fourth-order valence-corrected chi connectivity index (χ4v) is 2.08. The first-order valence-corrected chi connectivity index (χ1v) is 6.72. The lowest BCUT2D eigenvalue weighted by Crippen LogP contribution is -2.36. The predicted octanol–water partition coefficient (Wildman–Crippen LogP) is 2.25. The molecule has 0 radical (unpaired) electrons. The van der Waals surface area contributed by atoms with Crippen LogP contribution in [0.5, 0.6) is 0 Å². The van der Waals surface area contributed by atoms with Gasteiger partial charge in [-0.3, -0.25) is 0 Å². The molecule has 0 saturated heterocycles. The van der Waals surface area contributed by atoms with E-state index in [-0.39, 0.29) is 6.61 Å². The molecule has 1 rings (SSSR count). The Labute approximate surface area is 118 Å². The molecule has 18 heavy (non-hydrogen) atoms. The molecule has 3 nitrogen and oxygen atoms in total. The van der Waals surface area contributed by atoms with Crippen molar-refractivity contribution in [1.29, 1.82) is 0 Å². The number of hydrogen-bond acceptors (Lipinski definition) is 3. The van der Waals surface area contributed by atoms with Crippen LogP contribution in [0.1, 0.15) is 26.2 Å². The van der Waals surface area contributed by atoms with Gasteiger partial charge < -0.3 is 14.8 Å². The van der Waals surface area contributed by atoms with E-state index < -0.39 is 13.2 Å². The lowest BCUT2D eigenvalue weighted by atomic mass is 9.79. The van der Waals surface area contributed by atoms with Crippen LogP contribution in [0.15, 0.2) is 18.2 Å². The monoisotopic (exact) mass is 290 g/mol. The van der Waals surface area contributed by atoms with Gasteiger partial charge in [0.1, 0.15) is 0 Å². The first-order chi connectivity index (χ1) is 8.52. The quantitative estimate of drug-likeness (QED) is 0.757. The number of halogens is 2. The van der Waals surface area contributed by atoms with Crippen LogP contribution in [0.25, 0.3) is 0 Å². The molecule has 100 valence electrons. The van der Waals surface area contributed by atoms with Gasteiger partial charge >= 0.3 is 7.12 Å². The minimum atomic E-state index is -1.13. The van der Waals surface area contributed by atoms with Crippen LogP contribution in [0.2, 0.25) is 10.0 Å². The summed E-state index contributed by atoms with van der Waals surface area (Å²) in [4.78, 5) is 0. The lowest BCUT2D eigenvalue weighted by Gasteiger charge is -2.13. The number of rotatable bonds is 7. The number of hydrogen-bond donors (Lipinski definition) is 2. The van der Waals surface area contributed by atoms with Crippen molar-refractivity contribution in [2.45, 2.75) is 32.3 Å². The van der Waals surface area contributed by atoms with E-state index in [0.717, 1.165) is 12.8 Å². The molecule has 0 aromatic heterocycles. The maximum atomic E-state index is 9.79. The smallest absolute Gasteiger partial charge is 0.423 e. The number of benzene rings is 1. The molecule has 1 atom stereocenters. The fraction of sp³-hybridized carbons (Fsp3) is 0.500. The molecule has 1 aromatic rings. The highest BCUT2D eigenvalue weighted by Gasteiger charge is 2.19. The molecule has 0 aliphatic heterocycles. The van der Waals surface area contributed by atoms with Crippen LogP contribution < -0.4 is 5.46 Å². The van der Waals surface area contributed by atoms with Gasteiger partial charge in [0.05, 0.1) is 12.7 Å². The highest BCUT2D eigenvalue weighted by Crippen LogP contribution is 2.14. The van der Waals surface area contributed by atoms with E-state index in [1.54, 1.807) is 18.2 Å². The topological polar surface area (TPSA) is 49.7 Å². The first-order valence-electron chi connectivity index (χ1n) is 5.96. The summed E-state index contributed by atoms with van der Waals surface area (Å²) in [5, 5.41) is 20.3. The maximum Gasteiger partial charge on any atom is 0.491 e. The third kappa shape index (κ3) is 5.59. The standard InChI is InChI=1S/C12H17BCl2O3/c1-2-3-4-12(16)8-18-13(17)9-5-10(14)7-11(15)6-9/h5-7,12,16-17H,2-4,8H2,1H3. The minimum absolute atomic E-state index is 0.0886. The molecule has 2 N–H and O–H groups in total. The fourth-order valence-electron chi connectivity index (χ4n) is 1.54. The zero-order valence-electron chi connectivity index (χ0n) is 10.3. The second-order valence-corrected chi connectivity index (χ2v) is 5.06. The molecule has 0 aliphatic rings. The normalized spacial score (nSPS) is 12.5. The van der Waals surface area contributed by atoms with Gasteiger partial charge in [-0.05, 0) is 30.1 Å². The summed E-state index contributed by atoms with van der Waals surface area (Å²) < 4.78 is 5.19. The molecule has 1 aromatic carbocycles. The Balaban J connectivity index is 2.47. The molecule has 0 amide bonds. The summed E-state index contributed by atoms with van der Waals surface area (Å²) in [7, 11) is -1.13. The van der Waals surface area contributed by atoms with Gasteiger partial charge in [-0.2, -0.15) is 0 Å². The van der Waals surface area contributed by atoms with E-state index in [0.29, 0.717) is 21.9 Å². The van der Waals surface area contributed by atoms with Crippen molar-refractivity contribution in [1.82, 2.24) is 0 Å². The van der Waals surface area contributed by atoms with E-state index >= 15 is 0 Å². The van der Waals surface area contributed by atoms with Crippen LogP contribution in [0.3, 0.4) is 0 Å². The Bertz CT molecular complexity index is 356. The molecule has 0 fully saturated rings. The molecule has 0 bridgehead atoms. The zero-order chi connectivity index (χ0) is 13.5. The van der Waals surface area contributed by atoms with Crippen molar-refractivity contribution in [2.75, 3.05) is 6.61 Å². The van der Waals surface area contributed by atoms with E-state index in [4.69, 9.17) is 27.9 Å². The Morgan fingerprint density at radius 1 is 1.28 bits per heavy atom. The molecule has 6 heteroatoms. The summed E-state index contributed by atoms with van der Waals surface area (Å²) in [6.07, 6.45) is 2.06. The molecule has 0 saturated carbocycles. The van der Waals surface area contributed by atoms with Crippen molar-refractivity contribution >= 4 is 35.8 Å². The largest absolute Gasteiger partial charge is 0.491 e. The Kier molecular flexibility index (Phi) is 7.04. The van der Waals surface area contributed by atoms with Crippen molar-refractivity contribution in [3.05, 3.63) is 28.2 Å². The molecular weight excluding hydrogens is 274 g/mol. The van der Waals surface area contributed by atoms with Gasteiger partial charge in [0.2, 0.25) is 0 Å². The molecule has 0 spiro atoms. The summed E-state index contributed by atoms with van der Waals surface area (Å²) in [5.41, 5.74) is 0.482. The van der Waals surface area contributed by atoms with E-state index in [1.807, 2.05) is 0 Å². The van der Waals surface area contributed by atoms with Crippen LogP contribution in [-0.4, -0.2) is 30.0 Å². The van der Waals surface area contributed by atoms with Crippen molar-refractivity contribution < 1.29 is 14.8 Å². The summed E-state index contributed by atoms with van der Waals surface area (Å²) in [6.45, 7) is 2.14. The average molecular weight is 291 g/mol. The Morgan fingerprint density at radius 2 is 1.89 bits per heavy atom. The van der Waals surface area contributed by atoms with E-state index in [1.165, 1.54) is 0 Å². The average Bonchev–Trinajstić information content (AvgIpc) is 2.32. The summed E-state index contributed by atoms with van der Waals surface area (Å²) in [6, 6.07) is 4.74. The second kappa shape index (κ2) is 8.02. The van der Waals surface area contributed by atoms with Crippen LogP contribution in [0, 0.1) is 0 Å². The van der Waals surface area contributed by atoms with Gasteiger partial charge in [0.15, 0.2) is 0 Å². The lowest BCUT2D eigenvalue weighted by molar-refractivity contribution is 0.0892. The first kappa shape index (κ1) is 15.8. The van der Waals surface area contributed by atoms with E-state index in [9.17, 15) is 10.1 Å². The van der Waals surface area contributed by atoms with Crippen LogP contribution >= 0.6 is 23.2 Å². The molecule has 1 unspecified atom stereocenters. The van der Waals surface area contributed by atoms with Gasteiger partial charge in [-0.1, -0.05) is 43.0 Å². The Morgan fingerprint density at radius 3 is 2.44 bits per heavy atom. The number of aliphatic hydroxyl groups is 1. The second-order valence-electron chi connectivity index (χ2n) is 4.18. The SMILES string of the molecule is CCCCC(O)COB(O)c1cc(Cl)cc(Cl)c1. The predicted molar refractivity (Wildman–Crippen MR) is 75.6 cm³/mol. The van der Waals surface area contributed by atoms with Gasteiger partial charge in [0, 0.05) is 10.0 Å². The van der Waals surface area contributed by atoms with Crippen molar-refractivity contribution in [2.24, 2.45) is 0 Å². The van der Waals surface area contributed by atoms with E-state index in [2.05, 4.69) is 6.92 Å². The van der Waals surface area contributed by atoms with Gasteiger partial charge in [-0.15, -0.1) is 0 Å². The zero-order valence-corrected chi connectivity index (χ0v) is 11.8. The van der Waals surface area contributed by atoms with Gasteiger partial charge in [0.25, 0.3) is 0 Å². The highest BCUT2D eigenvalue weighted by atomic mass is 35.5. The number of unbranched alkanes of at least 4 members (excludes halogenated alkanes) is 1. The van der Waals surface area contributed by atoms with Crippen molar-refractivity contribution in [3.8, 4) is 0 Å². The Hall–Kier alpha value is -0.255. The molecular formula is C12H17BCl2O3. The summed E-state index contributed by atoms with van der Waals surface area (Å²) >= 11 is 11.6. The third-order valence-corrected chi connectivity index (χ3v) is 2.94. The molecule has 0 heterocycles. The summed E-state index contributed by atoms with van der Waals surface area (Å²) in [5.74, 6) is 0. The van der Waals surface area contributed by atoms with Gasteiger partial charge in [-0.25, -0.2) is 0 Å². The maximum absolute atomic E-state index is 9.79. The molecule has 0 aliphatic carbocycles.